The van der Waals surface area contributed by atoms with Crippen molar-refractivity contribution in [2.24, 2.45) is 32.9 Å². The molecule has 81 heavy (non-hydrogen) atoms. The van der Waals surface area contributed by atoms with Crippen molar-refractivity contribution < 1.29 is 68.1 Å². The molecule has 8 atom stereocenters. The molecule has 0 saturated carbocycles. The van der Waals surface area contributed by atoms with Gasteiger partial charge in [-0.15, -0.1) is 5.53 Å². The summed E-state index contributed by atoms with van der Waals surface area (Å²) in [4.78, 5) is 152. The van der Waals surface area contributed by atoms with E-state index < -0.39 is 146 Å². The summed E-state index contributed by atoms with van der Waals surface area (Å²) in [6.45, 7) is 3.09. The number of carboxylic acids is 1. The average Bonchev–Trinajstić information content (AvgIpc) is 3.55. The van der Waals surface area contributed by atoms with E-state index in [1.807, 2.05) is 0 Å². The number of hydrogen-bond donors (Lipinski definition) is 17. The average molecular weight is 1150 g/mol. The molecule has 21 N–H and O–H groups in total. The first-order chi connectivity index (χ1) is 38.4. The number of nitrogens with one attached hydrogen (secondary N) is 10. The van der Waals surface area contributed by atoms with Gasteiger partial charge in [-0.1, -0.05) is 84.0 Å². The maximum atomic E-state index is 13.9. The largest absolute Gasteiger partial charge is 0.481 e. The Morgan fingerprint density at radius 3 is 1.58 bits per heavy atom. The van der Waals surface area contributed by atoms with Gasteiger partial charge in [-0.25, -0.2) is 5.01 Å². The van der Waals surface area contributed by atoms with Crippen LogP contribution in [0.3, 0.4) is 0 Å². The third kappa shape index (κ3) is 30.7. The molecule has 0 aliphatic carbocycles. The molecule has 0 aromatic rings. The minimum Gasteiger partial charge on any atom is -0.481 e. The van der Waals surface area contributed by atoms with Gasteiger partial charge in [0.1, 0.15) is 42.3 Å². The fourth-order valence-electron chi connectivity index (χ4n) is 8.23. The number of amides is 10. The standard InChI is InChI=1S/C50H91N17O14/c1-5-6-7-8-9-10-11-12-13-14-15-16-17-22-37(70)59-32(20-18-25-56-49(51)52)44(77)61-34(23-24-40(73)74)46(79)64-41(31(3)69)47(80)62-35-27-38(71)65-66-67(48(35)81)30(2)42(75)58-28-39(72)60-33(21-19-26-57-50(53)54)45(78)63-36(29-68)43(76)55-4/h30-36,41,66,68-69H,5-29H2,1-4H3,(H,55,76)(H,58,75)(H,59,70)(H,60,72)(H,61,77)(H,62,80)(H,63,78)(H,64,79)(H,65,71)(H,73,74)(H4,51,52,56)(H4,53,54,57)/t30-,31+,32-,33-,34-,35-,36-,41-/m0/s1. The molecular formula is C50H91N17O14. The van der Waals surface area contributed by atoms with Gasteiger partial charge < -0.3 is 80.8 Å². The van der Waals surface area contributed by atoms with Crippen LogP contribution in [0.15, 0.2) is 9.98 Å². The van der Waals surface area contributed by atoms with Crippen LogP contribution in [-0.2, 0) is 52.7 Å². The molecule has 1 fully saturated rings. The van der Waals surface area contributed by atoms with E-state index in [-0.39, 0.29) is 57.1 Å². The lowest BCUT2D eigenvalue weighted by Crippen LogP contribution is -2.63. The SMILES string of the molecule is CCCCCCCCCCCCCCCC(=O)N[C@@H](CCCN=C(N)N)C(=O)N[C@@H](CCC(=O)O)C(=O)N[C@H](C(=O)N[C@H]1CC(=O)NNN([C@@H](C)C(=O)NCC(=O)N[C@@H](CCCN=C(N)N)C(=O)N[C@@H](CO)C(=O)NC)C1=O)[C@@H](C)O. The maximum Gasteiger partial charge on any atom is 0.303 e. The van der Waals surface area contributed by atoms with Gasteiger partial charge in [0.15, 0.2) is 11.9 Å². The summed E-state index contributed by atoms with van der Waals surface area (Å²) in [5.74, 6) is -10.9. The van der Waals surface area contributed by atoms with Crippen LogP contribution >= 0.6 is 0 Å². The van der Waals surface area contributed by atoms with E-state index in [9.17, 15) is 68.1 Å². The molecule has 10 amide bonds. The number of guanidine groups is 2. The molecular weight excluding hydrogens is 1060 g/mol. The van der Waals surface area contributed by atoms with Gasteiger partial charge in [0, 0.05) is 33.0 Å². The third-order valence-electron chi connectivity index (χ3n) is 12.9. The lowest BCUT2D eigenvalue weighted by atomic mass is 10.0. The van der Waals surface area contributed by atoms with E-state index in [4.69, 9.17) is 22.9 Å². The van der Waals surface area contributed by atoms with Crippen LogP contribution < -0.4 is 76.4 Å². The van der Waals surface area contributed by atoms with Crippen molar-refractivity contribution in [1.82, 2.24) is 58.5 Å². The topological polar surface area (TPSA) is 501 Å². The molecule has 0 unspecified atom stereocenters. The lowest BCUT2D eigenvalue weighted by Gasteiger charge is -2.30. The number of carbonyl (C=O) groups is 11. The van der Waals surface area contributed by atoms with E-state index in [1.165, 1.54) is 58.9 Å². The van der Waals surface area contributed by atoms with Gasteiger partial charge in [-0.3, -0.25) is 68.2 Å². The van der Waals surface area contributed by atoms with E-state index in [0.717, 1.165) is 39.0 Å². The molecule has 1 aliphatic heterocycles. The Morgan fingerprint density at radius 2 is 1.10 bits per heavy atom. The molecule has 31 heteroatoms. The molecule has 1 aliphatic rings. The zero-order valence-electron chi connectivity index (χ0n) is 47.3. The molecule has 460 valence electrons. The van der Waals surface area contributed by atoms with Crippen molar-refractivity contribution >= 4 is 77.0 Å². The van der Waals surface area contributed by atoms with Crippen LogP contribution in [0.2, 0.25) is 0 Å². The highest BCUT2D eigenvalue weighted by Gasteiger charge is 2.39. The van der Waals surface area contributed by atoms with Gasteiger partial charge in [0.05, 0.1) is 25.7 Å². The van der Waals surface area contributed by atoms with Crippen LogP contribution in [0.4, 0.5) is 0 Å². The van der Waals surface area contributed by atoms with Gasteiger partial charge in [-0.05, 0) is 52.4 Å². The van der Waals surface area contributed by atoms with Crippen LogP contribution in [0, 0.1) is 0 Å². The Hall–Kier alpha value is -7.41. The lowest BCUT2D eigenvalue weighted by molar-refractivity contribution is -0.147. The van der Waals surface area contributed by atoms with Crippen molar-refractivity contribution in [3.63, 3.8) is 0 Å². The Morgan fingerprint density at radius 1 is 0.617 bits per heavy atom. The predicted octanol–water partition coefficient (Wildman–Crippen LogP) is -4.26. The summed E-state index contributed by atoms with van der Waals surface area (Å²) in [5, 5.41) is 49.5. The molecule has 0 aromatic carbocycles. The number of hydrogen-bond acceptors (Lipinski definition) is 16. The second kappa shape index (κ2) is 40.7. The second-order valence-corrected chi connectivity index (χ2v) is 19.7. The monoisotopic (exact) mass is 1150 g/mol. The van der Waals surface area contributed by atoms with Crippen LogP contribution in [-0.4, -0.2) is 179 Å². The predicted molar refractivity (Wildman–Crippen MR) is 297 cm³/mol. The Balaban J connectivity index is 3.12. The minimum absolute atomic E-state index is 0.00308. The summed E-state index contributed by atoms with van der Waals surface area (Å²) < 4.78 is 0. The number of aliphatic imine (C=N–C) groups is 2. The first-order valence-corrected chi connectivity index (χ1v) is 27.7. The van der Waals surface area contributed by atoms with E-state index >= 15 is 0 Å². The summed E-state index contributed by atoms with van der Waals surface area (Å²) >= 11 is 0. The molecule has 0 aromatic heterocycles. The molecule has 0 radical (unpaired) electrons. The normalized spacial score (nSPS) is 15.7. The third-order valence-corrected chi connectivity index (χ3v) is 12.9. The quantitative estimate of drug-likeness (QED) is 0.0156. The van der Waals surface area contributed by atoms with E-state index in [0.29, 0.717) is 11.4 Å². The number of carboxylic acid groups (broad SMARTS) is 1. The van der Waals surface area contributed by atoms with Gasteiger partial charge >= 0.3 is 5.97 Å². The number of carbonyl (C=O) groups excluding carboxylic acids is 10. The molecule has 1 rings (SSSR count). The van der Waals surface area contributed by atoms with Crippen molar-refractivity contribution in [2.45, 2.75) is 204 Å². The van der Waals surface area contributed by atoms with E-state index in [2.05, 4.69) is 70.4 Å². The van der Waals surface area contributed by atoms with Crippen LogP contribution in [0.25, 0.3) is 0 Å². The van der Waals surface area contributed by atoms with Gasteiger partial charge in [-0.2, -0.15) is 0 Å². The first kappa shape index (κ1) is 71.6. The molecule has 0 spiro atoms. The number of nitrogens with zero attached hydrogens (tertiary/aromatic N) is 3. The van der Waals surface area contributed by atoms with Gasteiger partial charge in [0.2, 0.25) is 53.2 Å². The van der Waals surface area contributed by atoms with Crippen LogP contribution in [0.5, 0.6) is 0 Å². The summed E-state index contributed by atoms with van der Waals surface area (Å²) in [5.41, 5.74) is 26.1. The summed E-state index contributed by atoms with van der Waals surface area (Å²) in [6.07, 6.45) is 11.2. The molecule has 1 saturated heterocycles. The highest BCUT2D eigenvalue weighted by molar-refractivity contribution is 5.99. The van der Waals surface area contributed by atoms with E-state index in [1.54, 1.807) is 0 Å². The van der Waals surface area contributed by atoms with Crippen molar-refractivity contribution in [2.75, 3.05) is 33.3 Å². The number of nitrogens with two attached hydrogens (primary N) is 4. The number of rotatable bonds is 42. The highest BCUT2D eigenvalue weighted by atomic mass is 16.4. The molecule has 0 bridgehead atoms. The zero-order chi connectivity index (χ0) is 60.9. The summed E-state index contributed by atoms with van der Waals surface area (Å²) in [7, 11) is 1.28. The second-order valence-electron chi connectivity index (χ2n) is 19.7. The first-order valence-electron chi connectivity index (χ1n) is 27.7. The number of unbranched alkanes of at least 4 members (excludes halogenated alkanes) is 12. The molecule has 31 nitrogen and oxygen atoms in total. The fraction of sp³-hybridized carbons (Fsp3) is 0.740. The Kier molecular flexibility index (Phi) is 36.0. The minimum atomic E-state index is -1.90. The highest BCUT2D eigenvalue weighted by Crippen LogP contribution is 2.14. The number of aliphatic hydroxyl groups excluding tert-OH is 2. The van der Waals surface area contributed by atoms with Crippen LogP contribution in [0.1, 0.15) is 156 Å². The van der Waals surface area contributed by atoms with Gasteiger partial charge in [0.25, 0.3) is 5.91 Å². The molecule has 1 heterocycles. The van der Waals surface area contributed by atoms with Crippen molar-refractivity contribution in [3.05, 3.63) is 0 Å². The fourth-order valence-corrected chi connectivity index (χ4v) is 8.23. The summed E-state index contributed by atoms with van der Waals surface area (Å²) in [6, 6.07) is -10.8. The number of likely N-dealkylation sites (N-methyl/N-ethyl adjacent to an activating group) is 1. The Labute approximate surface area is 472 Å². The number of hydrazine groups is 2. The number of aliphatic hydroxyl groups is 2. The zero-order valence-corrected chi connectivity index (χ0v) is 47.3. The van der Waals surface area contributed by atoms with Crippen molar-refractivity contribution in [1.29, 1.82) is 0 Å². The maximum absolute atomic E-state index is 13.9. The number of aliphatic carboxylic acids is 1. The van der Waals surface area contributed by atoms with Crippen molar-refractivity contribution in [3.8, 4) is 0 Å². The Bertz CT molecular complexity index is 2110. The smallest absolute Gasteiger partial charge is 0.303 e.